The molecule has 1 aromatic rings. The van der Waals surface area contributed by atoms with Crippen molar-refractivity contribution in [1.29, 1.82) is 0 Å². The monoisotopic (exact) mass is 207 g/mol. The Morgan fingerprint density at radius 3 is 2.87 bits per heavy atom. The Bertz CT molecular complexity index is 350. The molecule has 1 aromatic carbocycles. The van der Waals surface area contributed by atoms with Gasteiger partial charge in [0.15, 0.2) is 11.5 Å². The van der Waals surface area contributed by atoms with Gasteiger partial charge in [0.25, 0.3) is 0 Å². The summed E-state index contributed by atoms with van der Waals surface area (Å²) in [4.78, 5) is 0. The van der Waals surface area contributed by atoms with E-state index in [-0.39, 0.29) is 0 Å². The van der Waals surface area contributed by atoms with Crippen molar-refractivity contribution in [2.75, 3.05) is 19.8 Å². The first-order valence-corrected chi connectivity index (χ1v) is 5.40. The number of hydrogen-bond acceptors (Lipinski definition) is 3. The molecule has 82 valence electrons. The summed E-state index contributed by atoms with van der Waals surface area (Å²) < 4.78 is 11.3. The Kier molecular flexibility index (Phi) is 3.11. The van der Waals surface area contributed by atoms with E-state index in [4.69, 9.17) is 15.2 Å². The quantitative estimate of drug-likeness (QED) is 0.802. The fraction of sp³-hybridized carbons (Fsp3) is 0.500. The Morgan fingerprint density at radius 1 is 1.27 bits per heavy atom. The summed E-state index contributed by atoms with van der Waals surface area (Å²) in [6.45, 7) is 4.19. The smallest absolute Gasteiger partial charge is 0.164 e. The fourth-order valence-electron chi connectivity index (χ4n) is 1.83. The Balaban J connectivity index is 2.35. The molecule has 0 unspecified atom stereocenters. The molecule has 0 saturated carbocycles. The number of ether oxygens (including phenoxy) is 2. The van der Waals surface area contributed by atoms with Gasteiger partial charge in [-0.25, -0.2) is 0 Å². The highest BCUT2D eigenvalue weighted by atomic mass is 16.5. The molecule has 0 amide bonds. The van der Waals surface area contributed by atoms with Gasteiger partial charge < -0.3 is 15.2 Å². The van der Waals surface area contributed by atoms with Crippen LogP contribution in [-0.4, -0.2) is 19.8 Å². The maximum absolute atomic E-state index is 5.66. The molecule has 0 bridgehead atoms. The molecule has 15 heavy (non-hydrogen) atoms. The summed E-state index contributed by atoms with van der Waals surface area (Å²) in [7, 11) is 0. The van der Waals surface area contributed by atoms with Crippen molar-refractivity contribution in [3.63, 3.8) is 0 Å². The van der Waals surface area contributed by atoms with E-state index in [2.05, 4.69) is 6.07 Å². The summed E-state index contributed by atoms with van der Waals surface area (Å²) in [5.74, 6) is 1.77. The molecule has 2 N–H and O–H groups in total. The number of rotatable bonds is 2. The summed E-state index contributed by atoms with van der Waals surface area (Å²) >= 11 is 0. The summed E-state index contributed by atoms with van der Waals surface area (Å²) in [5, 5.41) is 0. The number of nitrogens with two attached hydrogens (primary N) is 1. The highest BCUT2D eigenvalue weighted by Gasteiger charge is 2.13. The first-order chi connectivity index (χ1) is 7.31. The molecule has 1 aliphatic heterocycles. The van der Waals surface area contributed by atoms with Crippen molar-refractivity contribution in [3.8, 4) is 11.5 Å². The van der Waals surface area contributed by atoms with E-state index in [1.807, 2.05) is 13.0 Å². The van der Waals surface area contributed by atoms with Crippen LogP contribution in [0.3, 0.4) is 0 Å². The minimum atomic E-state index is 0.666. The zero-order valence-electron chi connectivity index (χ0n) is 9.08. The molecule has 0 saturated heterocycles. The second-order valence-corrected chi connectivity index (χ2v) is 3.83. The van der Waals surface area contributed by atoms with Gasteiger partial charge in [-0.05, 0) is 37.1 Å². The third-order valence-electron chi connectivity index (χ3n) is 2.53. The zero-order valence-corrected chi connectivity index (χ0v) is 9.08. The average Bonchev–Trinajstić information content (AvgIpc) is 2.43. The Labute approximate surface area is 90.2 Å². The number of fused-ring (bicyclic) bond motifs is 1. The van der Waals surface area contributed by atoms with Gasteiger partial charge in [0.1, 0.15) is 0 Å². The molecule has 2 rings (SSSR count). The highest BCUT2D eigenvalue weighted by molar-refractivity contribution is 5.49. The molecule has 0 atom stereocenters. The van der Waals surface area contributed by atoms with Crippen molar-refractivity contribution in [2.24, 2.45) is 5.73 Å². The molecule has 0 radical (unpaired) electrons. The fourth-order valence-corrected chi connectivity index (χ4v) is 1.83. The van der Waals surface area contributed by atoms with Gasteiger partial charge in [0.05, 0.1) is 13.2 Å². The van der Waals surface area contributed by atoms with Crippen LogP contribution in [0.25, 0.3) is 0 Å². The molecule has 0 fully saturated rings. The molecule has 0 spiro atoms. The van der Waals surface area contributed by atoms with Gasteiger partial charge in [-0.2, -0.15) is 0 Å². The zero-order chi connectivity index (χ0) is 10.7. The SMILES string of the molecule is Cc1cc(CCN)cc2c1OCCCO2. The lowest BCUT2D eigenvalue weighted by Gasteiger charge is -2.12. The predicted molar refractivity (Wildman–Crippen MR) is 59.5 cm³/mol. The minimum Gasteiger partial charge on any atom is -0.490 e. The van der Waals surface area contributed by atoms with Gasteiger partial charge in [-0.1, -0.05) is 6.07 Å². The molecular weight excluding hydrogens is 190 g/mol. The molecule has 0 aromatic heterocycles. The van der Waals surface area contributed by atoms with Crippen LogP contribution in [0.2, 0.25) is 0 Å². The van der Waals surface area contributed by atoms with Crippen molar-refractivity contribution < 1.29 is 9.47 Å². The van der Waals surface area contributed by atoms with E-state index in [9.17, 15) is 0 Å². The Hall–Kier alpha value is -1.22. The van der Waals surface area contributed by atoms with Crippen molar-refractivity contribution in [3.05, 3.63) is 23.3 Å². The van der Waals surface area contributed by atoms with E-state index in [0.717, 1.165) is 43.1 Å². The Morgan fingerprint density at radius 2 is 2.07 bits per heavy atom. The average molecular weight is 207 g/mol. The van der Waals surface area contributed by atoms with Crippen LogP contribution in [0.15, 0.2) is 12.1 Å². The molecule has 0 aliphatic carbocycles. The van der Waals surface area contributed by atoms with Gasteiger partial charge in [-0.15, -0.1) is 0 Å². The van der Waals surface area contributed by atoms with E-state index in [1.165, 1.54) is 5.56 Å². The van der Waals surface area contributed by atoms with Crippen LogP contribution in [0.4, 0.5) is 0 Å². The number of hydrogen-bond donors (Lipinski definition) is 1. The topological polar surface area (TPSA) is 44.5 Å². The van der Waals surface area contributed by atoms with E-state index >= 15 is 0 Å². The first-order valence-electron chi connectivity index (χ1n) is 5.40. The second-order valence-electron chi connectivity index (χ2n) is 3.83. The normalized spacial score (nSPS) is 14.8. The maximum atomic E-state index is 5.66. The van der Waals surface area contributed by atoms with Crippen LogP contribution in [-0.2, 0) is 6.42 Å². The molecule has 1 aliphatic rings. The summed E-state index contributed by atoms with van der Waals surface area (Å²) in [6.07, 6.45) is 1.83. The van der Waals surface area contributed by atoms with Crippen molar-refractivity contribution in [2.45, 2.75) is 19.8 Å². The number of benzene rings is 1. The highest BCUT2D eigenvalue weighted by Crippen LogP contribution is 2.34. The van der Waals surface area contributed by atoms with Crippen molar-refractivity contribution >= 4 is 0 Å². The van der Waals surface area contributed by atoms with Crippen LogP contribution in [0.5, 0.6) is 11.5 Å². The van der Waals surface area contributed by atoms with Gasteiger partial charge in [0, 0.05) is 6.42 Å². The lowest BCUT2D eigenvalue weighted by Crippen LogP contribution is -2.04. The van der Waals surface area contributed by atoms with Gasteiger partial charge >= 0.3 is 0 Å². The van der Waals surface area contributed by atoms with Crippen LogP contribution in [0, 0.1) is 6.92 Å². The van der Waals surface area contributed by atoms with E-state index in [0.29, 0.717) is 6.54 Å². The van der Waals surface area contributed by atoms with Crippen LogP contribution in [0.1, 0.15) is 17.5 Å². The summed E-state index contributed by atoms with van der Waals surface area (Å²) in [5.41, 5.74) is 7.90. The summed E-state index contributed by atoms with van der Waals surface area (Å²) in [6, 6.07) is 4.17. The van der Waals surface area contributed by atoms with Crippen LogP contribution >= 0.6 is 0 Å². The predicted octanol–water partition coefficient (Wildman–Crippen LogP) is 1.66. The molecule has 1 heterocycles. The maximum Gasteiger partial charge on any atom is 0.164 e. The van der Waals surface area contributed by atoms with Crippen molar-refractivity contribution in [1.82, 2.24) is 0 Å². The lowest BCUT2D eigenvalue weighted by molar-refractivity contribution is 0.296. The van der Waals surface area contributed by atoms with Crippen LogP contribution < -0.4 is 15.2 Å². The van der Waals surface area contributed by atoms with E-state index in [1.54, 1.807) is 0 Å². The second kappa shape index (κ2) is 4.53. The number of aryl methyl sites for hydroxylation is 1. The van der Waals surface area contributed by atoms with Gasteiger partial charge in [-0.3, -0.25) is 0 Å². The lowest BCUT2D eigenvalue weighted by atomic mass is 10.1. The minimum absolute atomic E-state index is 0.666. The third kappa shape index (κ3) is 2.23. The molecule has 3 heteroatoms. The molecular formula is C12H17NO2. The third-order valence-corrected chi connectivity index (χ3v) is 2.53. The molecule has 3 nitrogen and oxygen atoms in total. The van der Waals surface area contributed by atoms with E-state index < -0.39 is 0 Å². The standard InChI is InChI=1S/C12H17NO2/c1-9-7-10(3-4-13)8-11-12(9)15-6-2-5-14-11/h7-8H,2-6,13H2,1H3. The largest absolute Gasteiger partial charge is 0.490 e. The first kappa shape index (κ1) is 10.3. The van der Waals surface area contributed by atoms with Gasteiger partial charge in [0.2, 0.25) is 0 Å².